The summed E-state index contributed by atoms with van der Waals surface area (Å²) < 4.78 is 19.3. The van der Waals surface area contributed by atoms with E-state index in [-0.39, 0.29) is 17.6 Å². The summed E-state index contributed by atoms with van der Waals surface area (Å²) in [5, 5.41) is 0.490. The Kier molecular flexibility index (Phi) is 8.37. The highest BCUT2D eigenvalue weighted by Crippen LogP contribution is 2.34. The van der Waals surface area contributed by atoms with Gasteiger partial charge >= 0.3 is 0 Å². The molecule has 1 atom stereocenters. The van der Waals surface area contributed by atoms with E-state index in [9.17, 15) is 9.18 Å². The van der Waals surface area contributed by atoms with Crippen LogP contribution in [0.1, 0.15) is 44.6 Å². The molecule has 0 bridgehead atoms. The summed E-state index contributed by atoms with van der Waals surface area (Å²) in [4.78, 5) is 16.4. The molecule has 0 spiro atoms. The molecule has 7 heteroatoms. The number of aryl methyl sites for hydroxylation is 1. The number of amides is 1. The van der Waals surface area contributed by atoms with Crippen LogP contribution in [0, 0.1) is 24.6 Å². The van der Waals surface area contributed by atoms with Gasteiger partial charge in [0.25, 0.3) is 0 Å². The van der Waals surface area contributed by atoms with Gasteiger partial charge in [0, 0.05) is 32.8 Å². The molecule has 1 unspecified atom stereocenters. The van der Waals surface area contributed by atoms with Crippen molar-refractivity contribution in [1.82, 2.24) is 4.90 Å². The van der Waals surface area contributed by atoms with Gasteiger partial charge < -0.3 is 15.4 Å². The highest BCUT2D eigenvalue weighted by molar-refractivity contribution is 6.33. The second-order valence-corrected chi connectivity index (χ2v) is 9.14. The second kappa shape index (κ2) is 10.8. The predicted octanol–water partition coefficient (Wildman–Crippen LogP) is 4.00. The van der Waals surface area contributed by atoms with Crippen LogP contribution < -0.4 is 10.6 Å². The minimum absolute atomic E-state index is 0.250. The van der Waals surface area contributed by atoms with Crippen molar-refractivity contribution in [3.8, 4) is 0 Å². The molecule has 0 aromatic heterocycles. The first-order valence-corrected chi connectivity index (χ1v) is 11.6. The molecule has 30 heavy (non-hydrogen) atoms. The first kappa shape index (κ1) is 23.3. The van der Waals surface area contributed by atoms with Crippen LogP contribution in [0.3, 0.4) is 0 Å². The Balaban J connectivity index is 1.41. The number of rotatable bonds is 8. The maximum absolute atomic E-state index is 13.7. The molecular formula is C23H35ClFN3O2. The molecule has 1 aliphatic carbocycles. The lowest BCUT2D eigenvalue weighted by Gasteiger charge is -2.38. The van der Waals surface area contributed by atoms with E-state index in [1.165, 1.54) is 12.5 Å². The van der Waals surface area contributed by atoms with E-state index in [0.717, 1.165) is 64.1 Å². The number of benzene rings is 1. The van der Waals surface area contributed by atoms with Gasteiger partial charge in [-0.25, -0.2) is 4.39 Å². The fraction of sp³-hybridized carbons (Fsp3) is 0.696. The van der Waals surface area contributed by atoms with Crippen molar-refractivity contribution >= 4 is 23.2 Å². The summed E-state index contributed by atoms with van der Waals surface area (Å²) in [6, 6.07) is 3.27. The fourth-order valence-corrected chi connectivity index (χ4v) is 5.14. The Labute approximate surface area is 184 Å². The number of anilines is 1. The van der Waals surface area contributed by atoms with Gasteiger partial charge in [0.05, 0.1) is 10.7 Å². The molecule has 3 rings (SSSR count). The molecule has 5 nitrogen and oxygen atoms in total. The SMILES string of the molecule is CCOC(C(N)=O)C1CCC(CCN2CCN(c3cc(C)c(F)cc3Cl)CC2)CC1. The van der Waals surface area contributed by atoms with Crippen molar-refractivity contribution in [3.63, 3.8) is 0 Å². The summed E-state index contributed by atoms with van der Waals surface area (Å²) >= 11 is 6.27. The molecule has 1 aromatic carbocycles. The van der Waals surface area contributed by atoms with E-state index >= 15 is 0 Å². The van der Waals surface area contributed by atoms with Crippen molar-refractivity contribution in [2.75, 3.05) is 44.2 Å². The van der Waals surface area contributed by atoms with Crippen LogP contribution in [0.25, 0.3) is 0 Å². The first-order valence-electron chi connectivity index (χ1n) is 11.2. The lowest BCUT2D eigenvalue weighted by Crippen LogP contribution is -2.47. The minimum Gasteiger partial charge on any atom is -0.368 e. The molecular weight excluding hydrogens is 405 g/mol. The highest BCUT2D eigenvalue weighted by atomic mass is 35.5. The van der Waals surface area contributed by atoms with Crippen LogP contribution in [0.5, 0.6) is 0 Å². The van der Waals surface area contributed by atoms with Crippen LogP contribution in [0.4, 0.5) is 10.1 Å². The van der Waals surface area contributed by atoms with Crippen LogP contribution in [0.15, 0.2) is 12.1 Å². The Morgan fingerprint density at radius 2 is 1.90 bits per heavy atom. The fourth-order valence-electron chi connectivity index (χ4n) is 4.87. The lowest BCUT2D eigenvalue weighted by molar-refractivity contribution is -0.134. The van der Waals surface area contributed by atoms with Crippen molar-refractivity contribution in [2.24, 2.45) is 17.6 Å². The summed E-state index contributed by atoms with van der Waals surface area (Å²) in [7, 11) is 0. The number of primary amides is 1. The maximum Gasteiger partial charge on any atom is 0.246 e. The van der Waals surface area contributed by atoms with E-state index in [4.69, 9.17) is 22.1 Å². The Hall–Kier alpha value is -1.37. The summed E-state index contributed by atoms with van der Waals surface area (Å²) in [6.07, 6.45) is 5.10. The van der Waals surface area contributed by atoms with Gasteiger partial charge in [-0.2, -0.15) is 0 Å². The number of piperazine rings is 1. The molecule has 2 N–H and O–H groups in total. The van der Waals surface area contributed by atoms with Gasteiger partial charge in [0.1, 0.15) is 11.9 Å². The highest BCUT2D eigenvalue weighted by Gasteiger charge is 2.31. The number of ether oxygens (including phenoxy) is 1. The van der Waals surface area contributed by atoms with Gasteiger partial charge in [-0.15, -0.1) is 0 Å². The van der Waals surface area contributed by atoms with Crippen molar-refractivity contribution in [2.45, 2.75) is 52.1 Å². The topological polar surface area (TPSA) is 58.8 Å². The van der Waals surface area contributed by atoms with E-state index in [1.54, 1.807) is 6.92 Å². The summed E-state index contributed by atoms with van der Waals surface area (Å²) in [5.41, 5.74) is 7.09. The molecule has 0 radical (unpaired) electrons. The average molecular weight is 440 g/mol. The molecule has 1 saturated heterocycles. The summed E-state index contributed by atoms with van der Waals surface area (Å²) in [5.74, 6) is 0.407. The summed E-state index contributed by atoms with van der Waals surface area (Å²) in [6.45, 7) is 9.13. The molecule has 1 aromatic rings. The van der Waals surface area contributed by atoms with Crippen LogP contribution >= 0.6 is 11.6 Å². The molecule has 1 aliphatic heterocycles. The number of carbonyl (C=O) groups is 1. The average Bonchev–Trinajstić information content (AvgIpc) is 2.74. The number of nitrogens with zero attached hydrogens (tertiary/aromatic N) is 2. The Morgan fingerprint density at radius 1 is 1.23 bits per heavy atom. The maximum atomic E-state index is 13.7. The standard InChI is InChI=1S/C23H35ClFN3O2/c1-3-30-22(23(26)29)18-6-4-17(5-7-18)8-9-27-10-12-28(13-11-27)21-14-16(2)20(25)15-19(21)24/h14-15,17-18,22H,3-13H2,1-2H3,(H2,26,29). The molecule has 1 saturated carbocycles. The number of hydrogen-bond acceptors (Lipinski definition) is 4. The van der Waals surface area contributed by atoms with Gasteiger partial charge in [0.15, 0.2) is 0 Å². The number of hydrogen-bond donors (Lipinski definition) is 1. The Morgan fingerprint density at radius 3 is 2.50 bits per heavy atom. The first-order chi connectivity index (χ1) is 14.4. The molecule has 1 heterocycles. The molecule has 1 amide bonds. The third-order valence-corrected chi connectivity index (χ3v) is 7.04. The van der Waals surface area contributed by atoms with E-state index < -0.39 is 6.10 Å². The molecule has 2 fully saturated rings. The van der Waals surface area contributed by atoms with E-state index in [0.29, 0.717) is 23.1 Å². The zero-order valence-corrected chi connectivity index (χ0v) is 19.0. The predicted molar refractivity (Wildman–Crippen MR) is 119 cm³/mol. The monoisotopic (exact) mass is 439 g/mol. The van der Waals surface area contributed by atoms with Gasteiger partial charge in [-0.1, -0.05) is 24.4 Å². The third kappa shape index (κ3) is 5.86. The van der Waals surface area contributed by atoms with Gasteiger partial charge in [-0.05, 0) is 69.2 Å². The van der Waals surface area contributed by atoms with E-state index in [1.807, 2.05) is 13.0 Å². The minimum atomic E-state index is -0.425. The third-order valence-electron chi connectivity index (χ3n) is 6.74. The Bertz CT molecular complexity index is 717. The number of halogens is 2. The van der Waals surface area contributed by atoms with Crippen LogP contribution in [0.2, 0.25) is 5.02 Å². The zero-order chi connectivity index (χ0) is 21.7. The van der Waals surface area contributed by atoms with Crippen LogP contribution in [-0.2, 0) is 9.53 Å². The quantitative estimate of drug-likeness (QED) is 0.665. The zero-order valence-electron chi connectivity index (χ0n) is 18.2. The smallest absolute Gasteiger partial charge is 0.246 e. The van der Waals surface area contributed by atoms with Gasteiger partial charge in [0.2, 0.25) is 5.91 Å². The largest absolute Gasteiger partial charge is 0.368 e. The lowest BCUT2D eigenvalue weighted by atomic mass is 9.78. The molecule has 2 aliphatic rings. The van der Waals surface area contributed by atoms with Crippen LogP contribution in [-0.4, -0.2) is 56.2 Å². The molecule has 168 valence electrons. The van der Waals surface area contributed by atoms with Crippen molar-refractivity contribution in [3.05, 3.63) is 28.5 Å². The van der Waals surface area contributed by atoms with Crippen molar-refractivity contribution < 1.29 is 13.9 Å². The number of carbonyl (C=O) groups excluding carboxylic acids is 1. The second-order valence-electron chi connectivity index (χ2n) is 8.73. The number of nitrogens with two attached hydrogens (primary N) is 1. The van der Waals surface area contributed by atoms with Gasteiger partial charge in [-0.3, -0.25) is 9.69 Å². The van der Waals surface area contributed by atoms with Crippen molar-refractivity contribution in [1.29, 1.82) is 0 Å². The normalized spacial score (nSPS) is 24.1. The van der Waals surface area contributed by atoms with E-state index in [2.05, 4.69) is 9.80 Å².